The van der Waals surface area contributed by atoms with Gasteiger partial charge in [0.05, 0.1) is 23.3 Å². The molecule has 6 nitrogen and oxygen atoms in total. The Morgan fingerprint density at radius 2 is 1.93 bits per heavy atom. The Kier molecular flexibility index (Phi) is 6.86. The molecule has 162 valence electrons. The lowest BCUT2D eigenvalue weighted by molar-refractivity contribution is -0.160. The minimum Gasteiger partial charge on any atom is -0.465 e. The lowest BCUT2D eigenvalue weighted by atomic mass is 9.97. The number of halogens is 6. The van der Waals surface area contributed by atoms with Crippen LogP contribution in [-0.4, -0.2) is 55.4 Å². The van der Waals surface area contributed by atoms with Crippen molar-refractivity contribution >= 4 is 28.9 Å². The summed E-state index contributed by atoms with van der Waals surface area (Å²) in [5.74, 6) is -10.5. The predicted molar refractivity (Wildman–Crippen MR) is 95.9 cm³/mol. The molecule has 30 heavy (non-hydrogen) atoms. The zero-order chi connectivity index (χ0) is 22.8. The number of methoxy groups -OCH3 is 1. The Morgan fingerprint density at radius 1 is 1.30 bits per heavy atom. The normalized spacial score (nSPS) is 12.3. The monoisotopic (exact) mass is 452 g/mol. The maximum atomic E-state index is 14.3. The van der Waals surface area contributed by atoms with Crippen molar-refractivity contribution in [2.24, 2.45) is 0 Å². The molecule has 0 N–H and O–H groups in total. The van der Waals surface area contributed by atoms with Crippen LogP contribution in [0.3, 0.4) is 0 Å². The van der Waals surface area contributed by atoms with Gasteiger partial charge >= 0.3 is 18.3 Å². The fourth-order valence-corrected chi connectivity index (χ4v) is 2.67. The molecule has 1 aromatic heterocycles. The Labute approximate surface area is 171 Å². The number of aromatic nitrogens is 1. The molecule has 2 rings (SSSR count). The zero-order valence-electron chi connectivity index (χ0n) is 15.7. The summed E-state index contributed by atoms with van der Waals surface area (Å²) in [6.45, 7) is 0. The van der Waals surface area contributed by atoms with Crippen LogP contribution >= 0.6 is 11.6 Å². The van der Waals surface area contributed by atoms with Crippen LogP contribution in [0.15, 0.2) is 28.9 Å². The Bertz CT molecular complexity index is 984. The second-order valence-electron chi connectivity index (χ2n) is 6.08. The van der Waals surface area contributed by atoms with Gasteiger partial charge in [0, 0.05) is 20.3 Å². The predicted octanol–water partition coefficient (Wildman–Crippen LogP) is 4.29. The third-order valence-corrected chi connectivity index (χ3v) is 4.05. The van der Waals surface area contributed by atoms with E-state index in [1.807, 2.05) is 0 Å². The van der Waals surface area contributed by atoms with Gasteiger partial charge in [0.15, 0.2) is 5.76 Å². The minimum atomic E-state index is -5.10. The van der Waals surface area contributed by atoms with Gasteiger partial charge in [-0.05, 0) is 12.1 Å². The van der Waals surface area contributed by atoms with Crippen LogP contribution < -0.4 is 0 Å². The van der Waals surface area contributed by atoms with Gasteiger partial charge in [0.1, 0.15) is 17.1 Å². The largest absolute Gasteiger partial charge is 0.465 e. The summed E-state index contributed by atoms with van der Waals surface area (Å²) in [4.78, 5) is 25.6. The van der Waals surface area contributed by atoms with E-state index in [2.05, 4.69) is 9.89 Å². The molecule has 0 aliphatic heterocycles. The van der Waals surface area contributed by atoms with Crippen LogP contribution in [0.2, 0.25) is 5.02 Å². The SMILES string of the molecule is COC(=O)c1c(-c2c(F)cccc2Cl)noc1C(=CN(C)C)C(=O)C(F)(F)C(F)F. The maximum absolute atomic E-state index is 14.3. The third-order valence-electron chi connectivity index (χ3n) is 3.73. The van der Waals surface area contributed by atoms with Gasteiger partial charge < -0.3 is 14.2 Å². The van der Waals surface area contributed by atoms with Crippen molar-refractivity contribution in [2.75, 3.05) is 21.2 Å². The topological polar surface area (TPSA) is 72.6 Å². The number of carbonyl (C=O) groups is 2. The summed E-state index contributed by atoms with van der Waals surface area (Å²) in [5, 5.41) is 3.25. The van der Waals surface area contributed by atoms with E-state index in [0.29, 0.717) is 0 Å². The molecule has 0 radical (unpaired) electrons. The summed E-state index contributed by atoms with van der Waals surface area (Å²) < 4.78 is 76.8. The first-order chi connectivity index (χ1) is 13.9. The van der Waals surface area contributed by atoms with Gasteiger partial charge in [-0.3, -0.25) is 4.79 Å². The average molecular weight is 453 g/mol. The number of hydrogen-bond donors (Lipinski definition) is 0. The smallest absolute Gasteiger partial charge is 0.369 e. The lowest BCUT2D eigenvalue weighted by Crippen LogP contribution is -2.37. The Morgan fingerprint density at radius 3 is 2.43 bits per heavy atom. The molecule has 0 fully saturated rings. The van der Waals surface area contributed by atoms with Crippen LogP contribution in [0, 0.1) is 5.82 Å². The van der Waals surface area contributed by atoms with Crippen LogP contribution in [0.1, 0.15) is 16.1 Å². The fraction of sp³-hybridized carbons (Fsp3) is 0.278. The van der Waals surface area contributed by atoms with Crippen LogP contribution in [0.5, 0.6) is 0 Å². The summed E-state index contributed by atoms with van der Waals surface area (Å²) in [7, 11) is 3.52. The van der Waals surface area contributed by atoms with Gasteiger partial charge in [-0.25, -0.2) is 18.0 Å². The summed E-state index contributed by atoms with van der Waals surface area (Å²) >= 11 is 5.95. The molecule has 0 aliphatic rings. The van der Waals surface area contributed by atoms with Gasteiger partial charge in [-0.2, -0.15) is 8.78 Å². The molecule has 0 atom stereocenters. The number of ether oxygens (including phenoxy) is 1. The first-order valence-corrected chi connectivity index (χ1v) is 8.43. The number of benzene rings is 1. The van der Waals surface area contributed by atoms with Crippen molar-refractivity contribution in [3.8, 4) is 11.3 Å². The van der Waals surface area contributed by atoms with Crippen LogP contribution in [-0.2, 0) is 9.53 Å². The number of rotatable bonds is 7. The first-order valence-electron chi connectivity index (χ1n) is 8.05. The molecule has 0 amide bonds. The quantitative estimate of drug-likeness (QED) is 0.354. The molecule has 12 heteroatoms. The van der Waals surface area contributed by atoms with E-state index in [1.165, 1.54) is 26.2 Å². The van der Waals surface area contributed by atoms with Crippen LogP contribution in [0.25, 0.3) is 16.8 Å². The molecule has 1 heterocycles. The molecule has 0 saturated heterocycles. The molecule has 0 saturated carbocycles. The molecular formula is C18H14ClF5N2O4. The van der Waals surface area contributed by atoms with E-state index in [4.69, 9.17) is 16.1 Å². The van der Waals surface area contributed by atoms with Crippen molar-refractivity contribution in [2.45, 2.75) is 12.3 Å². The highest BCUT2D eigenvalue weighted by Crippen LogP contribution is 2.38. The number of nitrogens with zero attached hydrogens (tertiary/aromatic N) is 2. The number of carbonyl (C=O) groups excluding carboxylic acids is 2. The Hall–Kier alpha value is -2.95. The van der Waals surface area contributed by atoms with Gasteiger partial charge in [-0.1, -0.05) is 22.8 Å². The van der Waals surface area contributed by atoms with Gasteiger partial charge in [0.2, 0.25) is 5.78 Å². The number of esters is 1. The number of Topliss-reactive ketones (excluding diaryl/α,β-unsaturated/α-hetero) is 1. The second-order valence-corrected chi connectivity index (χ2v) is 6.49. The summed E-state index contributed by atoms with van der Waals surface area (Å²) in [6, 6.07) is 3.48. The molecule has 0 aliphatic carbocycles. The number of hydrogen-bond acceptors (Lipinski definition) is 6. The highest BCUT2D eigenvalue weighted by Gasteiger charge is 2.51. The molecule has 1 aromatic carbocycles. The average Bonchev–Trinajstić information content (AvgIpc) is 3.08. The summed E-state index contributed by atoms with van der Waals surface area (Å²) in [6.07, 6.45) is -3.60. The van der Waals surface area contributed by atoms with Crippen molar-refractivity contribution < 1.29 is 40.8 Å². The Balaban J connectivity index is 2.83. The lowest BCUT2D eigenvalue weighted by Gasteiger charge is -2.17. The highest BCUT2D eigenvalue weighted by molar-refractivity contribution is 6.33. The molecule has 0 unspecified atom stereocenters. The van der Waals surface area contributed by atoms with E-state index < -0.39 is 58.1 Å². The van der Waals surface area contributed by atoms with Crippen molar-refractivity contribution in [1.29, 1.82) is 0 Å². The molecule has 0 spiro atoms. The third kappa shape index (κ3) is 4.30. The second kappa shape index (κ2) is 8.82. The fourth-order valence-electron chi connectivity index (χ4n) is 2.42. The van der Waals surface area contributed by atoms with E-state index in [9.17, 15) is 31.5 Å². The number of ketones is 1. The zero-order valence-corrected chi connectivity index (χ0v) is 16.4. The van der Waals surface area contributed by atoms with E-state index in [1.54, 1.807) is 0 Å². The van der Waals surface area contributed by atoms with Crippen molar-refractivity contribution in [3.05, 3.63) is 46.6 Å². The standard InChI is InChI=1S/C18H14ClF5N2O4/c1-26(2)7-8(15(27)18(23,24)17(21)22)14-12(16(28)29-3)13(25-30-14)11-9(19)5-4-6-10(11)20/h4-7,17H,1-3H3. The first kappa shape index (κ1) is 23.3. The number of alkyl halides is 4. The van der Waals surface area contributed by atoms with E-state index in [0.717, 1.165) is 24.3 Å². The van der Waals surface area contributed by atoms with E-state index >= 15 is 0 Å². The molecule has 0 bridgehead atoms. The van der Waals surface area contributed by atoms with Crippen molar-refractivity contribution in [3.63, 3.8) is 0 Å². The van der Waals surface area contributed by atoms with Gasteiger partial charge in [0.25, 0.3) is 0 Å². The van der Waals surface area contributed by atoms with Crippen LogP contribution in [0.4, 0.5) is 22.0 Å². The van der Waals surface area contributed by atoms with Crippen molar-refractivity contribution in [1.82, 2.24) is 10.1 Å². The molecule has 2 aromatic rings. The van der Waals surface area contributed by atoms with E-state index in [-0.39, 0.29) is 5.02 Å². The highest BCUT2D eigenvalue weighted by atomic mass is 35.5. The van der Waals surface area contributed by atoms with Gasteiger partial charge in [-0.15, -0.1) is 0 Å². The maximum Gasteiger partial charge on any atom is 0.369 e. The summed E-state index contributed by atoms with van der Waals surface area (Å²) in [5.41, 5.74) is -2.84. The number of allylic oxidation sites excluding steroid dienone is 1. The minimum absolute atomic E-state index is 0.220. The molecular weight excluding hydrogens is 439 g/mol.